The Balaban J connectivity index is 1.04. The van der Waals surface area contributed by atoms with Gasteiger partial charge in [-0.05, 0) is 99.7 Å². The van der Waals surface area contributed by atoms with E-state index >= 15 is 0 Å². The summed E-state index contributed by atoms with van der Waals surface area (Å²) in [5.74, 6) is 1.76. The lowest BCUT2D eigenvalue weighted by Crippen LogP contribution is -2.48. The molecule has 6 atom stereocenters. The number of carboxylic acids is 1. The number of aliphatic carboxylic acids is 1. The number of nitrogens with one attached hydrogen (secondary N) is 2. The van der Waals surface area contributed by atoms with Gasteiger partial charge in [-0.2, -0.15) is 5.48 Å². The van der Waals surface area contributed by atoms with Gasteiger partial charge in [-0.25, -0.2) is 4.89 Å². The van der Waals surface area contributed by atoms with Crippen LogP contribution in [0.2, 0.25) is 0 Å². The lowest BCUT2D eigenvalue weighted by Gasteiger charge is -2.40. The summed E-state index contributed by atoms with van der Waals surface area (Å²) in [5.41, 5.74) is 3.33. The van der Waals surface area contributed by atoms with Gasteiger partial charge in [0.05, 0.1) is 25.0 Å². The van der Waals surface area contributed by atoms with Crippen molar-refractivity contribution in [3.8, 4) is 0 Å². The lowest BCUT2D eigenvalue weighted by atomic mass is 9.66. The molecular weight excluding hydrogens is 532 g/mol. The van der Waals surface area contributed by atoms with Gasteiger partial charge < -0.3 is 15.3 Å². The summed E-state index contributed by atoms with van der Waals surface area (Å²) in [6.07, 6.45) is 22.7. The van der Waals surface area contributed by atoms with E-state index < -0.39 is 17.8 Å². The van der Waals surface area contributed by atoms with E-state index in [9.17, 15) is 14.7 Å². The molecule has 0 aliphatic heterocycles. The first-order valence-electron chi connectivity index (χ1n) is 17.7. The number of rotatable bonds is 11. The van der Waals surface area contributed by atoms with Crippen molar-refractivity contribution in [2.24, 2.45) is 47.3 Å². The SMILES string of the molecule is O=C(O)C1CCC(C2CCCCC2)CC1C(=O)NC1CCC(NOCC2CC(C3CCCCC3)CCC2COO)CC1. The number of carboxylic acid groups (broad SMARTS) is 1. The van der Waals surface area contributed by atoms with Crippen molar-refractivity contribution < 1.29 is 29.7 Å². The highest BCUT2D eigenvalue weighted by Gasteiger charge is 2.42. The van der Waals surface area contributed by atoms with Crippen molar-refractivity contribution in [3.05, 3.63) is 0 Å². The summed E-state index contributed by atoms with van der Waals surface area (Å²) >= 11 is 0. The minimum atomic E-state index is -0.807. The van der Waals surface area contributed by atoms with Gasteiger partial charge in [-0.1, -0.05) is 64.2 Å². The fourth-order valence-electron chi connectivity index (χ4n) is 9.68. The van der Waals surface area contributed by atoms with Gasteiger partial charge in [0.2, 0.25) is 5.91 Å². The molecule has 4 N–H and O–H groups in total. The lowest BCUT2D eigenvalue weighted by molar-refractivity contribution is -0.257. The number of hydrogen-bond acceptors (Lipinski definition) is 6. The maximum Gasteiger partial charge on any atom is 0.307 e. The molecule has 8 nitrogen and oxygen atoms in total. The second-order valence-electron chi connectivity index (χ2n) is 14.8. The van der Waals surface area contributed by atoms with Crippen LogP contribution in [0.4, 0.5) is 0 Å². The number of hydrogen-bond donors (Lipinski definition) is 4. The molecular formula is C34H58N2O6. The van der Waals surface area contributed by atoms with Crippen LogP contribution >= 0.6 is 0 Å². The van der Waals surface area contributed by atoms with Crippen LogP contribution in [-0.2, 0) is 19.3 Å². The number of hydroxylamine groups is 1. The molecule has 0 aromatic heterocycles. The van der Waals surface area contributed by atoms with Gasteiger partial charge in [0, 0.05) is 12.1 Å². The normalized spacial score (nSPS) is 37.3. The van der Waals surface area contributed by atoms with Gasteiger partial charge in [0.1, 0.15) is 0 Å². The van der Waals surface area contributed by atoms with E-state index in [-0.39, 0.29) is 18.0 Å². The second kappa shape index (κ2) is 16.2. The zero-order valence-corrected chi connectivity index (χ0v) is 25.9. The molecule has 0 aromatic carbocycles. The molecule has 240 valence electrons. The van der Waals surface area contributed by atoms with Crippen LogP contribution in [0.15, 0.2) is 0 Å². The quantitative estimate of drug-likeness (QED) is 0.156. The zero-order valence-electron chi connectivity index (χ0n) is 25.9. The molecule has 0 aromatic rings. The van der Waals surface area contributed by atoms with Crippen LogP contribution in [0.25, 0.3) is 0 Å². The average Bonchev–Trinajstić information content (AvgIpc) is 3.03. The summed E-state index contributed by atoms with van der Waals surface area (Å²) in [6.45, 7) is 1.04. The summed E-state index contributed by atoms with van der Waals surface area (Å²) < 4.78 is 0. The topological polar surface area (TPSA) is 117 Å². The Hall–Kier alpha value is -1.22. The highest BCUT2D eigenvalue weighted by molar-refractivity contribution is 5.85. The third kappa shape index (κ3) is 8.70. The van der Waals surface area contributed by atoms with Crippen molar-refractivity contribution in [1.29, 1.82) is 0 Å². The van der Waals surface area contributed by atoms with E-state index in [1.54, 1.807) is 0 Å². The van der Waals surface area contributed by atoms with E-state index in [0.29, 0.717) is 43.3 Å². The van der Waals surface area contributed by atoms with Gasteiger partial charge in [-0.15, -0.1) is 0 Å². The largest absolute Gasteiger partial charge is 0.481 e. The molecule has 0 saturated heterocycles. The first kappa shape index (κ1) is 32.2. The van der Waals surface area contributed by atoms with Crippen LogP contribution in [0, 0.1) is 47.3 Å². The van der Waals surface area contributed by atoms with E-state index in [1.165, 1.54) is 77.0 Å². The van der Waals surface area contributed by atoms with Crippen LogP contribution in [0.3, 0.4) is 0 Å². The number of amides is 1. The third-order valence-corrected chi connectivity index (χ3v) is 12.3. The molecule has 5 aliphatic rings. The Bertz CT molecular complexity index is 836. The fraction of sp³-hybridized carbons (Fsp3) is 0.941. The van der Waals surface area contributed by atoms with E-state index in [0.717, 1.165) is 56.8 Å². The summed E-state index contributed by atoms with van der Waals surface area (Å²) in [6, 6.07) is 0.376. The van der Waals surface area contributed by atoms with E-state index in [2.05, 4.69) is 15.7 Å². The molecule has 5 rings (SSSR count). The van der Waals surface area contributed by atoms with Crippen molar-refractivity contribution >= 4 is 11.9 Å². The molecule has 1 amide bonds. The first-order valence-corrected chi connectivity index (χ1v) is 17.7. The van der Waals surface area contributed by atoms with Crippen molar-refractivity contribution in [2.45, 2.75) is 141 Å². The van der Waals surface area contributed by atoms with E-state index in [1.807, 2.05) is 0 Å². The van der Waals surface area contributed by atoms with Crippen molar-refractivity contribution in [1.82, 2.24) is 10.8 Å². The van der Waals surface area contributed by atoms with Gasteiger partial charge in [0.25, 0.3) is 0 Å². The average molecular weight is 591 g/mol. The Morgan fingerprint density at radius 2 is 1.19 bits per heavy atom. The van der Waals surface area contributed by atoms with Crippen LogP contribution < -0.4 is 10.8 Å². The minimum absolute atomic E-state index is 0.0301. The van der Waals surface area contributed by atoms with Crippen LogP contribution in [0.1, 0.15) is 128 Å². The smallest absolute Gasteiger partial charge is 0.307 e. The highest BCUT2D eigenvalue weighted by Crippen LogP contribution is 2.44. The summed E-state index contributed by atoms with van der Waals surface area (Å²) in [7, 11) is 0. The Kier molecular flexibility index (Phi) is 12.4. The predicted molar refractivity (Wildman–Crippen MR) is 161 cm³/mol. The Morgan fingerprint density at radius 3 is 1.81 bits per heavy atom. The first-order chi connectivity index (χ1) is 20.5. The highest BCUT2D eigenvalue weighted by atomic mass is 17.1. The van der Waals surface area contributed by atoms with Gasteiger partial charge in [-0.3, -0.25) is 14.8 Å². The monoisotopic (exact) mass is 590 g/mol. The maximum atomic E-state index is 13.4. The molecule has 0 heterocycles. The molecule has 5 saturated carbocycles. The number of carbonyl (C=O) groups excluding carboxylic acids is 1. The van der Waals surface area contributed by atoms with E-state index in [4.69, 9.17) is 10.1 Å². The molecule has 6 unspecified atom stereocenters. The molecule has 0 bridgehead atoms. The molecule has 42 heavy (non-hydrogen) atoms. The summed E-state index contributed by atoms with van der Waals surface area (Å²) in [5, 5.41) is 22.3. The molecule has 0 spiro atoms. The maximum absolute atomic E-state index is 13.4. The standard InChI is InChI=1S/C34H58N2O6/c37-33(32-20-26(13-18-31(32)34(38)39)24-9-5-2-6-10-24)35-29-14-16-30(17-15-29)36-41-21-28-19-25(11-12-27(28)22-42-40)23-7-3-1-4-8-23/h23-32,36,40H,1-22H2,(H,35,37)(H,38,39). The Labute approximate surface area is 253 Å². The second-order valence-corrected chi connectivity index (χ2v) is 14.8. The number of carbonyl (C=O) groups is 2. The van der Waals surface area contributed by atoms with Crippen molar-refractivity contribution in [3.63, 3.8) is 0 Å². The molecule has 5 fully saturated rings. The molecule has 5 aliphatic carbocycles. The van der Waals surface area contributed by atoms with Gasteiger partial charge in [0.15, 0.2) is 0 Å². The third-order valence-electron chi connectivity index (χ3n) is 12.3. The van der Waals surface area contributed by atoms with Crippen LogP contribution in [-0.4, -0.2) is 47.5 Å². The van der Waals surface area contributed by atoms with Crippen molar-refractivity contribution in [2.75, 3.05) is 13.2 Å². The predicted octanol–water partition coefficient (Wildman–Crippen LogP) is 6.73. The fourth-order valence-corrected chi connectivity index (χ4v) is 9.68. The minimum Gasteiger partial charge on any atom is -0.481 e. The molecule has 8 heteroatoms. The Morgan fingerprint density at radius 1 is 0.595 bits per heavy atom. The van der Waals surface area contributed by atoms with Crippen LogP contribution in [0.5, 0.6) is 0 Å². The molecule has 0 radical (unpaired) electrons. The van der Waals surface area contributed by atoms with Gasteiger partial charge >= 0.3 is 5.97 Å². The summed E-state index contributed by atoms with van der Waals surface area (Å²) in [4.78, 5) is 36.2. The zero-order chi connectivity index (χ0) is 29.3.